The van der Waals surface area contributed by atoms with Crippen LogP contribution in [0.1, 0.15) is 44.6 Å². The van der Waals surface area contributed by atoms with E-state index in [-0.39, 0.29) is 17.3 Å². The lowest BCUT2D eigenvalue weighted by Crippen LogP contribution is -2.25. The summed E-state index contributed by atoms with van der Waals surface area (Å²) >= 11 is 6.23. The first-order valence-corrected chi connectivity index (χ1v) is 8.62. The minimum absolute atomic E-state index is 0.0760. The van der Waals surface area contributed by atoms with E-state index in [0.717, 1.165) is 24.8 Å². The molecule has 0 spiro atoms. The van der Waals surface area contributed by atoms with Gasteiger partial charge in [-0.05, 0) is 42.9 Å². The van der Waals surface area contributed by atoms with Gasteiger partial charge < -0.3 is 0 Å². The quantitative estimate of drug-likeness (QED) is 0.820. The summed E-state index contributed by atoms with van der Waals surface area (Å²) in [5.74, 6) is 0.222. The lowest BCUT2D eigenvalue weighted by molar-refractivity contribution is 0.581. The van der Waals surface area contributed by atoms with Gasteiger partial charge in [-0.1, -0.05) is 26.0 Å². The van der Waals surface area contributed by atoms with E-state index in [1.165, 1.54) is 0 Å². The molecular formula is C14H20ClNO2S. The molecule has 1 N–H and O–H groups in total. The summed E-state index contributed by atoms with van der Waals surface area (Å²) in [5, 5.41) is 0.0760. The molecule has 1 aliphatic carbocycles. The summed E-state index contributed by atoms with van der Waals surface area (Å²) in [5.41, 5.74) is 1.08. The number of halogens is 1. The summed E-state index contributed by atoms with van der Waals surface area (Å²) in [6, 6.07) is 7.18. The molecule has 0 radical (unpaired) electrons. The second-order valence-electron chi connectivity index (χ2n) is 5.18. The number of sulfonamides is 1. The first-order chi connectivity index (χ1) is 8.94. The topological polar surface area (TPSA) is 46.2 Å². The van der Waals surface area contributed by atoms with Crippen LogP contribution in [0.15, 0.2) is 29.2 Å². The lowest BCUT2D eigenvalue weighted by Gasteiger charge is -2.17. The molecule has 1 saturated carbocycles. The van der Waals surface area contributed by atoms with E-state index < -0.39 is 10.0 Å². The Bertz CT molecular complexity index is 523. The van der Waals surface area contributed by atoms with E-state index in [2.05, 4.69) is 11.6 Å². The molecule has 1 aromatic rings. The highest BCUT2D eigenvalue weighted by atomic mass is 35.5. The van der Waals surface area contributed by atoms with Crippen LogP contribution in [-0.4, -0.2) is 19.8 Å². The standard InChI is InChI=1S/C14H20ClNO2S/c1-3-14(15)10(2)11-4-8-13(9-5-11)19(17,18)16-12-6-7-12/h4-5,8-10,12,14,16H,3,6-7H2,1-2H3. The van der Waals surface area contributed by atoms with Gasteiger partial charge in [0.15, 0.2) is 0 Å². The van der Waals surface area contributed by atoms with E-state index in [4.69, 9.17) is 11.6 Å². The fraction of sp³-hybridized carbons (Fsp3) is 0.571. The Morgan fingerprint density at radius 3 is 2.37 bits per heavy atom. The molecular weight excluding hydrogens is 282 g/mol. The molecule has 1 aromatic carbocycles. The third kappa shape index (κ3) is 3.71. The third-order valence-electron chi connectivity index (χ3n) is 3.55. The van der Waals surface area contributed by atoms with Gasteiger partial charge in [0.25, 0.3) is 0 Å². The Kier molecular flexibility index (Phi) is 4.54. The Balaban J connectivity index is 2.13. The van der Waals surface area contributed by atoms with E-state index in [1.807, 2.05) is 19.1 Å². The molecule has 2 rings (SSSR count). The van der Waals surface area contributed by atoms with Crippen molar-refractivity contribution in [1.82, 2.24) is 4.72 Å². The summed E-state index contributed by atoms with van der Waals surface area (Å²) in [6.45, 7) is 4.11. The van der Waals surface area contributed by atoms with Crippen LogP contribution in [-0.2, 0) is 10.0 Å². The van der Waals surface area contributed by atoms with Crippen LogP contribution in [0.4, 0.5) is 0 Å². The maximum absolute atomic E-state index is 12.0. The molecule has 2 atom stereocenters. The van der Waals surface area contributed by atoms with E-state index in [9.17, 15) is 8.42 Å². The van der Waals surface area contributed by atoms with Gasteiger partial charge in [0.05, 0.1) is 4.90 Å². The Labute approximate surface area is 120 Å². The van der Waals surface area contributed by atoms with Crippen LogP contribution in [0.3, 0.4) is 0 Å². The van der Waals surface area contributed by atoms with Gasteiger partial charge in [-0.15, -0.1) is 11.6 Å². The predicted molar refractivity (Wildman–Crippen MR) is 78.1 cm³/mol. The number of rotatable bonds is 6. The van der Waals surface area contributed by atoms with E-state index >= 15 is 0 Å². The number of hydrogen-bond donors (Lipinski definition) is 1. The molecule has 0 bridgehead atoms. The SMILES string of the molecule is CCC(Cl)C(C)c1ccc(S(=O)(=O)NC2CC2)cc1. The van der Waals surface area contributed by atoms with Crippen LogP contribution in [0.5, 0.6) is 0 Å². The van der Waals surface area contributed by atoms with Crippen LogP contribution in [0.25, 0.3) is 0 Å². The summed E-state index contributed by atoms with van der Waals surface area (Å²) in [7, 11) is -3.35. The average molecular weight is 302 g/mol. The summed E-state index contributed by atoms with van der Waals surface area (Å²) in [4.78, 5) is 0.331. The molecule has 0 saturated heterocycles. The van der Waals surface area contributed by atoms with Crippen LogP contribution >= 0.6 is 11.6 Å². The molecule has 0 aromatic heterocycles. The summed E-state index contributed by atoms with van der Waals surface area (Å²) < 4.78 is 26.7. The van der Waals surface area contributed by atoms with E-state index in [0.29, 0.717) is 4.90 Å². The van der Waals surface area contributed by atoms with Gasteiger partial charge in [0, 0.05) is 11.4 Å². The van der Waals surface area contributed by atoms with Gasteiger partial charge in [-0.3, -0.25) is 0 Å². The monoisotopic (exact) mass is 301 g/mol. The van der Waals surface area contributed by atoms with Crippen molar-refractivity contribution in [3.05, 3.63) is 29.8 Å². The van der Waals surface area contributed by atoms with Crippen molar-refractivity contribution in [2.24, 2.45) is 0 Å². The highest BCUT2D eigenvalue weighted by Gasteiger charge is 2.28. The molecule has 2 unspecified atom stereocenters. The molecule has 0 heterocycles. The molecule has 0 amide bonds. The molecule has 0 aliphatic heterocycles. The van der Waals surface area contributed by atoms with Crippen molar-refractivity contribution in [3.63, 3.8) is 0 Å². The lowest BCUT2D eigenvalue weighted by atomic mass is 9.96. The molecule has 5 heteroatoms. The average Bonchev–Trinajstić information content (AvgIpc) is 3.20. The van der Waals surface area contributed by atoms with Crippen molar-refractivity contribution in [2.45, 2.75) is 55.3 Å². The maximum Gasteiger partial charge on any atom is 0.240 e. The van der Waals surface area contributed by atoms with Gasteiger partial charge in [0.2, 0.25) is 10.0 Å². The molecule has 1 aliphatic rings. The zero-order valence-electron chi connectivity index (χ0n) is 11.3. The minimum atomic E-state index is -3.35. The van der Waals surface area contributed by atoms with Gasteiger partial charge in [-0.2, -0.15) is 0 Å². The van der Waals surface area contributed by atoms with Crippen LogP contribution in [0, 0.1) is 0 Å². The van der Waals surface area contributed by atoms with Gasteiger partial charge >= 0.3 is 0 Å². The molecule has 106 valence electrons. The van der Waals surface area contributed by atoms with Crippen molar-refractivity contribution in [1.29, 1.82) is 0 Å². The second-order valence-corrected chi connectivity index (χ2v) is 7.45. The van der Waals surface area contributed by atoms with E-state index in [1.54, 1.807) is 12.1 Å². The number of nitrogens with one attached hydrogen (secondary N) is 1. The largest absolute Gasteiger partial charge is 0.240 e. The van der Waals surface area contributed by atoms with Crippen LogP contribution < -0.4 is 4.72 Å². The number of alkyl halides is 1. The first-order valence-electron chi connectivity index (χ1n) is 6.70. The highest BCUT2D eigenvalue weighted by Crippen LogP contribution is 2.27. The Morgan fingerprint density at radius 2 is 1.89 bits per heavy atom. The fourth-order valence-electron chi connectivity index (χ4n) is 2.00. The number of hydrogen-bond acceptors (Lipinski definition) is 2. The van der Waals surface area contributed by atoms with Crippen molar-refractivity contribution < 1.29 is 8.42 Å². The highest BCUT2D eigenvalue weighted by molar-refractivity contribution is 7.89. The maximum atomic E-state index is 12.0. The smallest absolute Gasteiger partial charge is 0.208 e. The zero-order chi connectivity index (χ0) is 14.0. The second kappa shape index (κ2) is 5.81. The predicted octanol–water partition coefficient (Wildman–Crippen LogP) is 3.25. The Morgan fingerprint density at radius 1 is 1.32 bits per heavy atom. The van der Waals surface area contributed by atoms with Crippen molar-refractivity contribution in [2.75, 3.05) is 0 Å². The van der Waals surface area contributed by atoms with Crippen molar-refractivity contribution >= 4 is 21.6 Å². The third-order valence-corrected chi connectivity index (χ3v) is 5.77. The first kappa shape index (κ1) is 14.8. The zero-order valence-corrected chi connectivity index (χ0v) is 12.8. The van der Waals surface area contributed by atoms with Gasteiger partial charge in [-0.25, -0.2) is 13.1 Å². The molecule has 3 nitrogen and oxygen atoms in total. The normalized spacial score (nSPS) is 19.1. The fourth-order valence-corrected chi connectivity index (χ4v) is 3.45. The summed E-state index contributed by atoms with van der Waals surface area (Å²) in [6.07, 6.45) is 2.78. The number of benzene rings is 1. The minimum Gasteiger partial charge on any atom is -0.208 e. The van der Waals surface area contributed by atoms with Gasteiger partial charge in [0.1, 0.15) is 0 Å². The molecule has 19 heavy (non-hydrogen) atoms. The van der Waals surface area contributed by atoms with Crippen molar-refractivity contribution in [3.8, 4) is 0 Å². The molecule has 1 fully saturated rings. The Hall–Kier alpha value is -0.580. The van der Waals surface area contributed by atoms with Crippen LogP contribution in [0.2, 0.25) is 0 Å².